The molecule has 2 aromatic carbocycles. The number of benzene rings is 2. The first-order chi connectivity index (χ1) is 13.9. The maximum Gasteiger partial charge on any atom is 0.276 e. The molecule has 0 N–H and O–H groups in total. The number of thiocarbonyl (C=S) groups is 1. The second kappa shape index (κ2) is 7.72. The van der Waals surface area contributed by atoms with E-state index in [1.54, 1.807) is 29.0 Å². The van der Waals surface area contributed by atoms with Crippen LogP contribution in [0.3, 0.4) is 0 Å². The van der Waals surface area contributed by atoms with Gasteiger partial charge in [-0.05, 0) is 49.5 Å². The van der Waals surface area contributed by atoms with E-state index in [-0.39, 0.29) is 11.7 Å². The fraction of sp³-hybridized carbons (Fsp3) is 0.182. The molecule has 3 aromatic rings. The Morgan fingerprint density at radius 1 is 1.21 bits per heavy atom. The molecular formula is C22H19BrFN3OS. The van der Waals surface area contributed by atoms with Crippen molar-refractivity contribution in [1.82, 2.24) is 14.4 Å². The van der Waals surface area contributed by atoms with E-state index in [1.807, 2.05) is 48.0 Å². The lowest BCUT2D eigenvalue weighted by Gasteiger charge is -2.13. The summed E-state index contributed by atoms with van der Waals surface area (Å²) >= 11 is 8.92. The summed E-state index contributed by atoms with van der Waals surface area (Å²) in [4.78, 5) is 16.1. The molecule has 0 saturated carbocycles. The molecule has 1 amide bonds. The average molecular weight is 472 g/mol. The molecule has 1 aliphatic rings. The Labute approximate surface area is 182 Å². The summed E-state index contributed by atoms with van der Waals surface area (Å²) in [5.74, 6) is -0.342. The van der Waals surface area contributed by atoms with E-state index in [1.165, 1.54) is 6.07 Å². The summed E-state index contributed by atoms with van der Waals surface area (Å²) in [5.41, 5.74) is 2.99. The highest BCUT2D eigenvalue weighted by atomic mass is 79.9. The Balaban J connectivity index is 1.83. The molecule has 0 bridgehead atoms. The van der Waals surface area contributed by atoms with Crippen molar-refractivity contribution in [2.75, 3.05) is 13.6 Å². The fourth-order valence-electron chi connectivity index (χ4n) is 3.59. The van der Waals surface area contributed by atoms with E-state index in [0.29, 0.717) is 29.5 Å². The van der Waals surface area contributed by atoms with Gasteiger partial charge in [0.2, 0.25) is 0 Å². The van der Waals surface area contributed by atoms with Gasteiger partial charge in [-0.3, -0.25) is 9.69 Å². The highest BCUT2D eigenvalue weighted by Gasteiger charge is 2.34. The molecule has 1 aliphatic heterocycles. The minimum Gasteiger partial charge on any atom is -0.342 e. The lowest BCUT2D eigenvalue weighted by molar-refractivity contribution is -0.122. The fourth-order valence-corrected chi connectivity index (χ4v) is 4.26. The molecule has 0 unspecified atom stereocenters. The van der Waals surface area contributed by atoms with E-state index >= 15 is 0 Å². The van der Waals surface area contributed by atoms with E-state index < -0.39 is 0 Å². The van der Waals surface area contributed by atoms with Crippen LogP contribution < -0.4 is 0 Å². The zero-order chi connectivity index (χ0) is 20.7. The SMILES string of the molecule is CCN1C(=O)/C(=C/c2cn(Cc3ccccc3F)c3ccc(Br)cc23)N(C)C1=S. The van der Waals surface area contributed by atoms with Crippen molar-refractivity contribution in [1.29, 1.82) is 0 Å². The summed E-state index contributed by atoms with van der Waals surface area (Å²) in [6, 6.07) is 12.7. The van der Waals surface area contributed by atoms with Gasteiger partial charge in [-0.15, -0.1) is 0 Å². The molecule has 7 heteroatoms. The second-order valence-electron chi connectivity index (χ2n) is 6.89. The normalized spacial score (nSPS) is 15.9. The maximum atomic E-state index is 14.2. The first kappa shape index (κ1) is 19.8. The molecule has 2 heterocycles. The molecule has 0 aliphatic carbocycles. The zero-order valence-electron chi connectivity index (χ0n) is 16.0. The molecule has 1 aromatic heterocycles. The van der Waals surface area contributed by atoms with Gasteiger partial charge in [0.25, 0.3) is 5.91 Å². The first-order valence-electron chi connectivity index (χ1n) is 9.23. The summed E-state index contributed by atoms with van der Waals surface area (Å²) in [5, 5.41) is 1.48. The third-order valence-electron chi connectivity index (χ3n) is 5.12. The number of halogens is 2. The van der Waals surface area contributed by atoms with Crippen molar-refractivity contribution in [3.8, 4) is 0 Å². The Kier molecular flexibility index (Phi) is 5.27. The van der Waals surface area contributed by atoms with Crippen LogP contribution in [0.2, 0.25) is 0 Å². The molecule has 29 heavy (non-hydrogen) atoms. The van der Waals surface area contributed by atoms with Gasteiger partial charge in [-0.1, -0.05) is 34.1 Å². The standard InChI is InChI=1S/C22H19BrFN3OS/c1-3-27-21(28)20(25(2)22(27)29)10-15-13-26(12-14-6-4-5-7-18(14)24)19-9-8-16(23)11-17(15)19/h4-11,13H,3,12H2,1-2H3/b20-10-. The molecule has 0 spiro atoms. The van der Waals surface area contributed by atoms with Crippen LogP contribution in [-0.2, 0) is 11.3 Å². The molecular weight excluding hydrogens is 453 g/mol. The van der Waals surface area contributed by atoms with Gasteiger partial charge in [0.1, 0.15) is 11.5 Å². The number of rotatable bonds is 4. The van der Waals surface area contributed by atoms with Crippen molar-refractivity contribution in [2.45, 2.75) is 13.5 Å². The highest BCUT2D eigenvalue weighted by Crippen LogP contribution is 2.30. The second-order valence-corrected chi connectivity index (χ2v) is 8.17. The molecule has 0 atom stereocenters. The van der Waals surface area contributed by atoms with Crippen LogP contribution in [0.1, 0.15) is 18.1 Å². The first-order valence-corrected chi connectivity index (χ1v) is 10.4. The Morgan fingerprint density at radius 2 is 1.97 bits per heavy atom. The van der Waals surface area contributed by atoms with Crippen LogP contribution in [-0.4, -0.2) is 39.0 Å². The summed E-state index contributed by atoms with van der Waals surface area (Å²) < 4.78 is 17.1. The minimum absolute atomic E-state index is 0.106. The maximum absolute atomic E-state index is 14.2. The predicted octanol–water partition coefficient (Wildman–Crippen LogP) is 5.01. The number of hydrogen-bond donors (Lipinski definition) is 0. The van der Waals surface area contributed by atoms with Gasteiger partial charge in [-0.25, -0.2) is 4.39 Å². The van der Waals surface area contributed by atoms with Crippen molar-refractivity contribution >= 4 is 56.1 Å². The Hall–Kier alpha value is -2.51. The third kappa shape index (κ3) is 3.49. The number of hydrogen-bond acceptors (Lipinski definition) is 2. The topological polar surface area (TPSA) is 28.5 Å². The Bertz CT molecular complexity index is 1170. The monoisotopic (exact) mass is 471 g/mol. The van der Waals surface area contributed by atoms with Crippen LogP contribution in [0, 0.1) is 5.82 Å². The van der Waals surface area contributed by atoms with Crippen molar-refractivity contribution in [2.24, 2.45) is 0 Å². The number of fused-ring (bicyclic) bond motifs is 1. The van der Waals surface area contributed by atoms with Gasteiger partial charge >= 0.3 is 0 Å². The van der Waals surface area contributed by atoms with Crippen molar-refractivity contribution in [3.63, 3.8) is 0 Å². The molecule has 0 radical (unpaired) electrons. The molecule has 4 rings (SSSR count). The lowest BCUT2D eigenvalue weighted by Crippen LogP contribution is -2.30. The Morgan fingerprint density at radius 3 is 2.66 bits per heavy atom. The summed E-state index contributed by atoms with van der Waals surface area (Å²) in [6.07, 6.45) is 3.81. The van der Waals surface area contributed by atoms with Crippen molar-refractivity contribution < 1.29 is 9.18 Å². The van der Waals surface area contributed by atoms with E-state index in [9.17, 15) is 9.18 Å². The summed E-state index contributed by atoms with van der Waals surface area (Å²) in [6.45, 7) is 2.83. The van der Waals surface area contributed by atoms with Crippen LogP contribution in [0.4, 0.5) is 4.39 Å². The van der Waals surface area contributed by atoms with Gasteiger partial charge < -0.3 is 9.47 Å². The average Bonchev–Trinajstić information content (AvgIpc) is 3.13. The smallest absolute Gasteiger partial charge is 0.276 e. The number of carbonyl (C=O) groups is 1. The zero-order valence-corrected chi connectivity index (χ0v) is 18.4. The van der Waals surface area contributed by atoms with E-state index in [0.717, 1.165) is 20.9 Å². The predicted molar refractivity (Wildman–Crippen MR) is 121 cm³/mol. The number of aromatic nitrogens is 1. The van der Waals surface area contributed by atoms with Crippen LogP contribution >= 0.6 is 28.1 Å². The lowest BCUT2D eigenvalue weighted by atomic mass is 10.1. The molecule has 4 nitrogen and oxygen atoms in total. The third-order valence-corrected chi connectivity index (χ3v) is 6.11. The van der Waals surface area contributed by atoms with Crippen LogP contribution in [0.5, 0.6) is 0 Å². The van der Waals surface area contributed by atoms with Crippen LogP contribution in [0.25, 0.3) is 17.0 Å². The number of amides is 1. The molecule has 1 saturated heterocycles. The van der Waals surface area contributed by atoms with Gasteiger partial charge in [0.05, 0.1) is 6.54 Å². The number of nitrogens with zero attached hydrogens (tertiary/aromatic N) is 3. The van der Waals surface area contributed by atoms with E-state index in [2.05, 4.69) is 15.9 Å². The quantitative estimate of drug-likeness (QED) is 0.395. The number of carbonyl (C=O) groups excluding carboxylic acids is 1. The van der Waals surface area contributed by atoms with Gasteiger partial charge in [0, 0.05) is 46.3 Å². The van der Waals surface area contributed by atoms with Crippen LogP contribution in [0.15, 0.2) is 58.8 Å². The van der Waals surface area contributed by atoms with E-state index in [4.69, 9.17) is 12.2 Å². The summed E-state index contributed by atoms with van der Waals surface area (Å²) in [7, 11) is 1.80. The molecule has 148 valence electrons. The van der Waals surface area contributed by atoms with Gasteiger partial charge in [-0.2, -0.15) is 0 Å². The highest BCUT2D eigenvalue weighted by molar-refractivity contribution is 9.10. The van der Waals surface area contributed by atoms with Gasteiger partial charge in [0.15, 0.2) is 5.11 Å². The number of likely N-dealkylation sites (N-methyl/N-ethyl adjacent to an activating group) is 2. The molecule has 1 fully saturated rings. The van der Waals surface area contributed by atoms with Crippen molar-refractivity contribution in [3.05, 3.63) is 75.8 Å². The minimum atomic E-state index is -0.235. The largest absolute Gasteiger partial charge is 0.342 e.